The van der Waals surface area contributed by atoms with Gasteiger partial charge in [0.25, 0.3) is 0 Å². The molecule has 0 spiro atoms. The van der Waals surface area contributed by atoms with Gasteiger partial charge < -0.3 is 15.2 Å². The Bertz CT molecular complexity index is 400. The summed E-state index contributed by atoms with van der Waals surface area (Å²) in [5, 5.41) is 14.1. The van der Waals surface area contributed by atoms with Gasteiger partial charge in [0.2, 0.25) is 0 Å². The maximum Gasteiger partial charge on any atom is 0.164 e. The molecule has 0 aromatic heterocycles. The third kappa shape index (κ3) is 1.74. The van der Waals surface area contributed by atoms with Gasteiger partial charge in [-0.3, -0.25) is 0 Å². The van der Waals surface area contributed by atoms with Gasteiger partial charge in [-0.2, -0.15) is 0 Å². The molecule has 1 unspecified atom stereocenters. The molecule has 1 saturated heterocycles. The molecule has 1 aliphatic rings. The van der Waals surface area contributed by atoms with Crippen LogP contribution in [0.4, 0.5) is 0 Å². The van der Waals surface area contributed by atoms with E-state index < -0.39 is 0 Å². The molecule has 1 aromatic rings. The van der Waals surface area contributed by atoms with Crippen LogP contribution in [-0.4, -0.2) is 18.8 Å². The molecule has 0 aliphatic carbocycles. The molecule has 0 saturated carbocycles. The topological polar surface area (TPSA) is 41.5 Å². The Morgan fingerprint density at radius 2 is 2.25 bits per heavy atom. The predicted molar refractivity (Wildman–Crippen MR) is 64.3 cm³/mol. The minimum Gasteiger partial charge on any atom is -0.504 e. The molecule has 1 atom stereocenters. The summed E-state index contributed by atoms with van der Waals surface area (Å²) in [5.74, 6) is 0.612. The van der Waals surface area contributed by atoms with Crippen LogP contribution in [0, 0.1) is 0 Å². The van der Waals surface area contributed by atoms with Gasteiger partial charge in [-0.15, -0.1) is 0 Å². The maximum absolute atomic E-state index is 10.1. The van der Waals surface area contributed by atoms with E-state index in [1.54, 1.807) is 12.1 Å². The first-order valence-electron chi connectivity index (χ1n) is 5.39. The van der Waals surface area contributed by atoms with Crippen molar-refractivity contribution >= 4 is 11.6 Å². The van der Waals surface area contributed by atoms with Gasteiger partial charge in [-0.1, -0.05) is 11.6 Å². The highest BCUT2D eigenvalue weighted by Crippen LogP contribution is 2.44. The number of phenolic OH excluding ortho intramolecular Hbond substituents is 1. The molecule has 1 aliphatic heterocycles. The molecule has 88 valence electrons. The van der Waals surface area contributed by atoms with Gasteiger partial charge in [0, 0.05) is 16.1 Å². The second-order valence-corrected chi connectivity index (χ2v) is 4.74. The van der Waals surface area contributed by atoms with E-state index >= 15 is 0 Å². The Morgan fingerprint density at radius 3 is 2.81 bits per heavy atom. The third-order valence-corrected chi connectivity index (χ3v) is 3.55. The zero-order valence-corrected chi connectivity index (χ0v) is 10.3. The van der Waals surface area contributed by atoms with Crippen molar-refractivity contribution in [1.82, 2.24) is 5.32 Å². The molecule has 2 N–H and O–H groups in total. The highest BCUT2D eigenvalue weighted by atomic mass is 35.5. The van der Waals surface area contributed by atoms with Crippen LogP contribution in [0.1, 0.15) is 25.3 Å². The van der Waals surface area contributed by atoms with Crippen molar-refractivity contribution in [2.45, 2.75) is 25.3 Å². The van der Waals surface area contributed by atoms with Crippen LogP contribution in [0.25, 0.3) is 0 Å². The molecule has 4 heteroatoms. The lowest BCUT2D eigenvalue weighted by molar-refractivity contribution is 0.351. The lowest BCUT2D eigenvalue weighted by Crippen LogP contribution is -2.33. The van der Waals surface area contributed by atoms with Crippen LogP contribution in [0.5, 0.6) is 11.5 Å². The molecular weight excluding hydrogens is 226 g/mol. The van der Waals surface area contributed by atoms with Crippen molar-refractivity contribution < 1.29 is 9.84 Å². The SMILES string of the molecule is COc1ccc(Cl)c(C2(C)CCCN2)c1O. The van der Waals surface area contributed by atoms with Crippen molar-refractivity contribution in [3.05, 3.63) is 22.7 Å². The first-order chi connectivity index (χ1) is 7.58. The number of ether oxygens (including phenoxy) is 1. The number of rotatable bonds is 2. The smallest absolute Gasteiger partial charge is 0.164 e. The van der Waals surface area contributed by atoms with Gasteiger partial charge in [0.1, 0.15) is 0 Å². The quantitative estimate of drug-likeness (QED) is 0.837. The lowest BCUT2D eigenvalue weighted by Gasteiger charge is -2.27. The fourth-order valence-corrected chi connectivity index (χ4v) is 2.71. The molecule has 0 radical (unpaired) electrons. The first-order valence-corrected chi connectivity index (χ1v) is 5.77. The largest absolute Gasteiger partial charge is 0.504 e. The van der Waals surface area contributed by atoms with Crippen LogP contribution >= 0.6 is 11.6 Å². The fourth-order valence-electron chi connectivity index (χ4n) is 2.35. The van der Waals surface area contributed by atoms with Crippen molar-refractivity contribution in [3.63, 3.8) is 0 Å². The van der Waals surface area contributed by atoms with E-state index in [-0.39, 0.29) is 11.3 Å². The van der Waals surface area contributed by atoms with E-state index in [0.717, 1.165) is 24.9 Å². The average molecular weight is 242 g/mol. The standard InChI is InChI=1S/C12H16ClNO2/c1-12(6-3-7-14-12)10-8(13)4-5-9(16-2)11(10)15/h4-5,14-15H,3,6-7H2,1-2H3. The number of benzene rings is 1. The minimum atomic E-state index is -0.254. The minimum absolute atomic E-state index is 0.145. The number of phenols is 1. The number of hydrogen-bond acceptors (Lipinski definition) is 3. The second-order valence-electron chi connectivity index (χ2n) is 4.34. The molecular formula is C12H16ClNO2. The highest BCUT2D eigenvalue weighted by Gasteiger charge is 2.35. The molecule has 3 nitrogen and oxygen atoms in total. The number of methoxy groups -OCH3 is 1. The van der Waals surface area contributed by atoms with E-state index in [2.05, 4.69) is 12.2 Å². The summed E-state index contributed by atoms with van der Waals surface area (Å²) in [6, 6.07) is 3.44. The van der Waals surface area contributed by atoms with Gasteiger partial charge >= 0.3 is 0 Å². The zero-order chi connectivity index (χ0) is 11.8. The number of halogens is 1. The molecule has 1 heterocycles. The van der Waals surface area contributed by atoms with Crippen LogP contribution < -0.4 is 10.1 Å². The zero-order valence-electron chi connectivity index (χ0n) is 9.51. The monoisotopic (exact) mass is 241 g/mol. The Balaban J connectivity index is 2.54. The molecule has 1 aromatic carbocycles. The Kier molecular flexibility index (Phi) is 3.00. The van der Waals surface area contributed by atoms with Crippen LogP contribution in [0.3, 0.4) is 0 Å². The summed E-state index contributed by atoms with van der Waals surface area (Å²) < 4.78 is 5.11. The summed E-state index contributed by atoms with van der Waals surface area (Å²) in [7, 11) is 1.54. The number of hydrogen-bond donors (Lipinski definition) is 2. The fraction of sp³-hybridized carbons (Fsp3) is 0.500. The van der Waals surface area contributed by atoms with Crippen molar-refractivity contribution in [1.29, 1.82) is 0 Å². The van der Waals surface area contributed by atoms with E-state index in [4.69, 9.17) is 16.3 Å². The van der Waals surface area contributed by atoms with E-state index in [0.29, 0.717) is 10.8 Å². The van der Waals surface area contributed by atoms with Crippen molar-refractivity contribution in [3.8, 4) is 11.5 Å². The molecule has 0 bridgehead atoms. The second kappa shape index (κ2) is 4.15. The van der Waals surface area contributed by atoms with Crippen LogP contribution in [-0.2, 0) is 5.54 Å². The highest BCUT2D eigenvalue weighted by molar-refractivity contribution is 6.31. The third-order valence-electron chi connectivity index (χ3n) is 3.23. The van der Waals surface area contributed by atoms with Crippen LogP contribution in [0.15, 0.2) is 12.1 Å². The van der Waals surface area contributed by atoms with Crippen LogP contribution in [0.2, 0.25) is 5.02 Å². The Morgan fingerprint density at radius 1 is 1.50 bits per heavy atom. The summed E-state index contributed by atoms with van der Waals surface area (Å²) >= 11 is 6.17. The summed E-state index contributed by atoms with van der Waals surface area (Å²) in [6.07, 6.45) is 2.05. The van der Waals surface area contributed by atoms with E-state index in [9.17, 15) is 5.11 Å². The van der Waals surface area contributed by atoms with Crippen molar-refractivity contribution in [2.75, 3.05) is 13.7 Å². The van der Waals surface area contributed by atoms with E-state index in [1.807, 2.05) is 0 Å². The van der Waals surface area contributed by atoms with Gasteiger partial charge in [0.15, 0.2) is 11.5 Å². The predicted octanol–water partition coefficient (Wildman–Crippen LogP) is 2.65. The Hall–Kier alpha value is -0.930. The molecule has 2 rings (SSSR count). The van der Waals surface area contributed by atoms with E-state index in [1.165, 1.54) is 7.11 Å². The van der Waals surface area contributed by atoms with Gasteiger partial charge in [-0.25, -0.2) is 0 Å². The molecule has 0 amide bonds. The van der Waals surface area contributed by atoms with Gasteiger partial charge in [0.05, 0.1) is 7.11 Å². The average Bonchev–Trinajstić information content (AvgIpc) is 2.66. The normalized spacial score (nSPS) is 24.7. The van der Waals surface area contributed by atoms with Crippen molar-refractivity contribution in [2.24, 2.45) is 0 Å². The summed E-state index contributed by atoms with van der Waals surface area (Å²) in [4.78, 5) is 0. The van der Waals surface area contributed by atoms with Gasteiger partial charge in [-0.05, 0) is 38.4 Å². The molecule has 16 heavy (non-hydrogen) atoms. The Labute approximate surface area is 100 Å². The lowest BCUT2D eigenvalue weighted by atomic mass is 9.89. The maximum atomic E-state index is 10.1. The molecule has 1 fully saturated rings. The first kappa shape index (κ1) is 11.6. The number of nitrogens with one attached hydrogen (secondary N) is 1. The number of aromatic hydroxyl groups is 1. The summed E-state index contributed by atoms with van der Waals surface area (Å²) in [6.45, 7) is 3.00. The summed E-state index contributed by atoms with van der Waals surface area (Å²) in [5.41, 5.74) is 0.487.